The van der Waals surface area contributed by atoms with Gasteiger partial charge in [-0.3, -0.25) is 10.1 Å². The Morgan fingerprint density at radius 1 is 1.42 bits per heavy atom. The Hall–Kier alpha value is -1.33. The lowest BCUT2D eigenvalue weighted by atomic mass is 10.1. The zero-order valence-corrected chi connectivity index (χ0v) is 12.7. The summed E-state index contributed by atoms with van der Waals surface area (Å²) < 4.78 is 5.72. The largest absolute Gasteiger partial charge is 0.338 e. The van der Waals surface area contributed by atoms with Gasteiger partial charge in [0.25, 0.3) is 5.91 Å². The molecule has 0 spiro atoms. The summed E-state index contributed by atoms with van der Waals surface area (Å²) in [7, 11) is 0. The second-order valence-electron chi connectivity index (χ2n) is 4.35. The first-order valence-electron chi connectivity index (χ1n) is 5.70. The first-order chi connectivity index (χ1) is 8.97. The van der Waals surface area contributed by atoms with Crippen LogP contribution in [0.3, 0.4) is 0 Å². The molecule has 0 unspecified atom stereocenters. The molecule has 1 amide bonds. The van der Waals surface area contributed by atoms with E-state index in [1.165, 1.54) is 0 Å². The molecule has 19 heavy (non-hydrogen) atoms. The van der Waals surface area contributed by atoms with Gasteiger partial charge in [0.2, 0.25) is 5.88 Å². The van der Waals surface area contributed by atoms with E-state index in [0.717, 1.165) is 5.69 Å². The van der Waals surface area contributed by atoms with Gasteiger partial charge in [-0.1, -0.05) is 30.6 Å². The lowest BCUT2D eigenvalue weighted by Gasteiger charge is -2.02. The molecule has 0 saturated carbocycles. The average Bonchev–Trinajstić information content (AvgIpc) is 2.81. The first-order valence-corrected chi connectivity index (χ1v) is 6.87. The third-order valence-electron chi connectivity index (χ3n) is 2.54. The maximum Gasteiger partial charge on any atom is 0.258 e. The van der Waals surface area contributed by atoms with Gasteiger partial charge in [0, 0.05) is 16.1 Å². The summed E-state index contributed by atoms with van der Waals surface area (Å²) in [4.78, 5) is 12.0. The Labute approximate surface area is 124 Å². The molecule has 2 rings (SSSR count). The van der Waals surface area contributed by atoms with Crippen LogP contribution >= 0.6 is 27.5 Å². The van der Waals surface area contributed by atoms with Crippen LogP contribution in [0.4, 0.5) is 5.88 Å². The predicted molar refractivity (Wildman–Crippen MR) is 77.7 cm³/mol. The molecule has 0 fully saturated rings. The van der Waals surface area contributed by atoms with Crippen LogP contribution in [0.1, 0.15) is 35.8 Å². The van der Waals surface area contributed by atoms with Crippen LogP contribution < -0.4 is 5.32 Å². The number of anilines is 1. The van der Waals surface area contributed by atoms with Gasteiger partial charge in [0.05, 0.1) is 10.7 Å². The van der Waals surface area contributed by atoms with Crippen LogP contribution in [-0.4, -0.2) is 11.1 Å². The van der Waals surface area contributed by atoms with Crippen molar-refractivity contribution in [3.8, 4) is 0 Å². The molecule has 1 heterocycles. The number of nitrogens with zero attached hydrogens (tertiary/aromatic N) is 1. The molecule has 0 aliphatic carbocycles. The molecular weight excluding hydrogens is 332 g/mol. The molecule has 1 aromatic carbocycles. The van der Waals surface area contributed by atoms with E-state index in [9.17, 15) is 4.79 Å². The van der Waals surface area contributed by atoms with E-state index < -0.39 is 0 Å². The number of aromatic nitrogens is 1. The van der Waals surface area contributed by atoms with Crippen molar-refractivity contribution < 1.29 is 9.32 Å². The second-order valence-corrected chi connectivity index (χ2v) is 5.62. The summed E-state index contributed by atoms with van der Waals surface area (Å²) in [5.41, 5.74) is 1.28. The molecule has 2 aromatic rings. The molecule has 0 bridgehead atoms. The first kappa shape index (κ1) is 14.1. The topological polar surface area (TPSA) is 55.1 Å². The predicted octanol–water partition coefficient (Wildman–Crippen LogP) is 4.47. The Morgan fingerprint density at radius 3 is 2.74 bits per heavy atom. The van der Waals surface area contributed by atoms with Crippen molar-refractivity contribution in [1.29, 1.82) is 0 Å². The fraction of sp³-hybridized carbons (Fsp3) is 0.231. The molecule has 1 N–H and O–H groups in total. The number of amides is 1. The second kappa shape index (κ2) is 5.75. The zero-order valence-electron chi connectivity index (χ0n) is 10.4. The average molecular weight is 344 g/mol. The van der Waals surface area contributed by atoms with Gasteiger partial charge in [-0.25, -0.2) is 0 Å². The minimum absolute atomic E-state index is 0.249. The summed E-state index contributed by atoms with van der Waals surface area (Å²) in [5, 5.41) is 7.08. The van der Waals surface area contributed by atoms with E-state index in [2.05, 4.69) is 26.4 Å². The third-order valence-corrected chi connectivity index (χ3v) is 3.75. The van der Waals surface area contributed by atoms with E-state index in [1.807, 2.05) is 13.8 Å². The minimum Gasteiger partial charge on any atom is -0.338 e. The molecule has 0 aliphatic rings. The van der Waals surface area contributed by atoms with Crippen molar-refractivity contribution in [3.63, 3.8) is 0 Å². The van der Waals surface area contributed by atoms with Crippen LogP contribution in [-0.2, 0) is 0 Å². The minimum atomic E-state index is -0.274. The number of carbonyl (C=O) groups excluding carboxylic acids is 1. The number of hydrogen-bond acceptors (Lipinski definition) is 3. The Bertz CT molecular complexity index is 610. The van der Waals surface area contributed by atoms with Gasteiger partial charge in [-0.15, -0.1) is 0 Å². The van der Waals surface area contributed by atoms with E-state index in [4.69, 9.17) is 16.1 Å². The number of benzene rings is 1. The summed E-state index contributed by atoms with van der Waals surface area (Å²) >= 11 is 9.15. The zero-order chi connectivity index (χ0) is 14.0. The molecule has 0 aliphatic heterocycles. The number of hydrogen-bond donors (Lipinski definition) is 1. The fourth-order valence-corrected chi connectivity index (χ4v) is 1.94. The van der Waals surface area contributed by atoms with Crippen molar-refractivity contribution >= 4 is 39.3 Å². The van der Waals surface area contributed by atoms with Crippen LogP contribution in [0.5, 0.6) is 0 Å². The van der Waals surface area contributed by atoms with Gasteiger partial charge < -0.3 is 4.52 Å². The van der Waals surface area contributed by atoms with Crippen molar-refractivity contribution in [1.82, 2.24) is 5.16 Å². The summed E-state index contributed by atoms with van der Waals surface area (Å²) in [6.45, 7) is 4.00. The highest BCUT2D eigenvalue weighted by Crippen LogP contribution is 2.24. The van der Waals surface area contributed by atoms with Crippen molar-refractivity contribution in [2.75, 3.05) is 5.32 Å². The molecule has 0 atom stereocenters. The molecule has 0 saturated heterocycles. The lowest BCUT2D eigenvalue weighted by molar-refractivity contribution is 0.102. The van der Waals surface area contributed by atoms with Gasteiger partial charge in [-0.05, 0) is 40.0 Å². The van der Waals surface area contributed by atoms with Crippen molar-refractivity contribution in [2.24, 2.45) is 0 Å². The molecular formula is C13H12BrClN2O2. The number of rotatable bonds is 3. The van der Waals surface area contributed by atoms with Gasteiger partial charge in [0.15, 0.2) is 0 Å². The molecule has 100 valence electrons. The normalized spacial score (nSPS) is 10.8. The summed E-state index contributed by atoms with van der Waals surface area (Å²) in [5.74, 6) is 0.308. The smallest absolute Gasteiger partial charge is 0.258 e. The quantitative estimate of drug-likeness (QED) is 0.894. The van der Waals surface area contributed by atoms with Gasteiger partial charge >= 0.3 is 0 Å². The lowest BCUT2D eigenvalue weighted by Crippen LogP contribution is -2.11. The number of nitrogens with one attached hydrogen (secondary N) is 1. The number of carbonyl (C=O) groups is 1. The Kier molecular flexibility index (Phi) is 4.27. The molecule has 4 nitrogen and oxygen atoms in total. The van der Waals surface area contributed by atoms with Crippen molar-refractivity contribution in [2.45, 2.75) is 19.8 Å². The summed E-state index contributed by atoms with van der Waals surface area (Å²) in [6, 6.07) is 6.66. The highest BCUT2D eigenvalue weighted by molar-refractivity contribution is 9.10. The monoisotopic (exact) mass is 342 g/mol. The van der Waals surface area contributed by atoms with Crippen LogP contribution in [0.2, 0.25) is 5.02 Å². The number of halogens is 2. The van der Waals surface area contributed by atoms with Gasteiger partial charge in [0.1, 0.15) is 0 Å². The standard InChI is InChI=1S/C13H12BrClN2O2/c1-7(2)11-6-12(19-17-11)16-13(18)8-3-4-10(15)9(14)5-8/h3-7H,1-2H3,(H,16,18). The van der Waals surface area contributed by atoms with Crippen LogP contribution in [0.25, 0.3) is 0 Å². The SMILES string of the molecule is CC(C)c1cc(NC(=O)c2ccc(Cl)c(Br)c2)on1. The molecule has 6 heteroatoms. The molecule has 1 aromatic heterocycles. The Morgan fingerprint density at radius 2 is 2.16 bits per heavy atom. The van der Waals surface area contributed by atoms with Crippen LogP contribution in [0.15, 0.2) is 33.3 Å². The Balaban J connectivity index is 2.13. The maximum absolute atomic E-state index is 12.0. The summed E-state index contributed by atoms with van der Waals surface area (Å²) in [6.07, 6.45) is 0. The molecule has 0 radical (unpaired) electrons. The van der Waals surface area contributed by atoms with E-state index >= 15 is 0 Å². The fourth-order valence-electron chi connectivity index (χ4n) is 1.44. The van der Waals surface area contributed by atoms with Gasteiger partial charge in [-0.2, -0.15) is 0 Å². The highest BCUT2D eigenvalue weighted by Gasteiger charge is 2.12. The van der Waals surface area contributed by atoms with E-state index in [-0.39, 0.29) is 11.8 Å². The van der Waals surface area contributed by atoms with Crippen LogP contribution in [0, 0.1) is 0 Å². The highest BCUT2D eigenvalue weighted by atomic mass is 79.9. The van der Waals surface area contributed by atoms with Crippen molar-refractivity contribution in [3.05, 3.63) is 45.0 Å². The van der Waals surface area contributed by atoms with E-state index in [1.54, 1.807) is 24.3 Å². The van der Waals surface area contributed by atoms with E-state index in [0.29, 0.717) is 20.9 Å². The maximum atomic E-state index is 12.0. The third kappa shape index (κ3) is 3.36.